The molecule has 0 fully saturated rings. The Morgan fingerprint density at radius 2 is 1.50 bits per heavy atom. The number of benzene rings is 1. The molecule has 1 rings (SSSR count). The van der Waals surface area contributed by atoms with Gasteiger partial charge in [0.1, 0.15) is 24.2 Å². The van der Waals surface area contributed by atoms with Gasteiger partial charge in [0, 0.05) is 12.7 Å². The van der Waals surface area contributed by atoms with Crippen molar-refractivity contribution in [2.45, 2.75) is 84.2 Å². The summed E-state index contributed by atoms with van der Waals surface area (Å²) < 4.78 is 11.0. The fraction of sp³-hybridized carbons (Fsp3) is 0.727. The lowest BCUT2D eigenvalue weighted by Gasteiger charge is -2.13. The van der Waals surface area contributed by atoms with Crippen molar-refractivity contribution in [3.63, 3.8) is 0 Å². The Bertz CT molecular complexity index is 461. The highest BCUT2D eigenvalue weighted by Gasteiger charge is 2.06. The van der Waals surface area contributed by atoms with Crippen LogP contribution in [-0.2, 0) is 4.74 Å². The summed E-state index contributed by atoms with van der Waals surface area (Å²) in [5, 5.41) is 19.5. The van der Waals surface area contributed by atoms with E-state index in [2.05, 4.69) is 6.92 Å². The normalized spacial score (nSPS) is 12.3. The van der Waals surface area contributed by atoms with E-state index in [0.717, 1.165) is 12.0 Å². The van der Waals surface area contributed by atoms with Crippen molar-refractivity contribution in [2.75, 3.05) is 19.8 Å². The minimum atomic E-state index is -0.651. The van der Waals surface area contributed by atoms with Crippen LogP contribution in [-0.4, -0.2) is 36.1 Å². The first kappa shape index (κ1) is 22.8. The smallest absolute Gasteiger partial charge is 0.123 e. The molecule has 150 valence electrons. The highest BCUT2D eigenvalue weighted by atomic mass is 16.5. The quantitative estimate of drug-likeness (QED) is 0.386. The van der Waals surface area contributed by atoms with Crippen LogP contribution in [0.3, 0.4) is 0 Å². The summed E-state index contributed by atoms with van der Waals surface area (Å²) in [5.41, 5.74) is 0.803. The second kappa shape index (κ2) is 14.9. The summed E-state index contributed by atoms with van der Waals surface area (Å²) in [4.78, 5) is 0. The van der Waals surface area contributed by atoms with Gasteiger partial charge in [-0.3, -0.25) is 0 Å². The zero-order valence-corrected chi connectivity index (χ0v) is 16.7. The van der Waals surface area contributed by atoms with Crippen molar-refractivity contribution in [2.24, 2.45) is 0 Å². The second-order valence-corrected chi connectivity index (χ2v) is 7.17. The molecule has 1 atom stereocenters. The van der Waals surface area contributed by atoms with E-state index >= 15 is 0 Å². The van der Waals surface area contributed by atoms with Crippen LogP contribution in [0, 0.1) is 6.92 Å². The van der Waals surface area contributed by atoms with Gasteiger partial charge in [-0.05, 0) is 25.0 Å². The van der Waals surface area contributed by atoms with Crippen LogP contribution in [0.4, 0.5) is 0 Å². The largest absolute Gasteiger partial charge is 0.508 e. The minimum Gasteiger partial charge on any atom is -0.508 e. The molecule has 4 nitrogen and oxygen atoms in total. The molecule has 26 heavy (non-hydrogen) atoms. The van der Waals surface area contributed by atoms with Gasteiger partial charge in [0.2, 0.25) is 0 Å². The van der Waals surface area contributed by atoms with Crippen LogP contribution in [0.5, 0.6) is 11.5 Å². The number of aromatic hydroxyl groups is 1. The molecule has 0 saturated heterocycles. The Kier molecular flexibility index (Phi) is 13.0. The van der Waals surface area contributed by atoms with Crippen molar-refractivity contribution in [1.29, 1.82) is 0 Å². The van der Waals surface area contributed by atoms with Gasteiger partial charge in [0.05, 0.1) is 6.61 Å². The Morgan fingerprint density at radius 1 is 0.885 bits per heavy atom. The second-order valence-electron chi connectivity index (χ2n) is 7.17. The molecular formula is C22H38O4. The maximum Gasteiger partial charge on any atom is 0.123 e. The molecule has 4 heteroatoms. The molecule has 0 bridgehead atoms. The summed E-state index contributed by atoms with van der Waals surface area (Å²) in [6.45, 7) is 5.23. The Balaban J connectivity index is 1.90. The number of ether oxygens (including phenoxy) is 2. The molecule has 0 radical (unpaired) electrons. The lowest BCUT2D eigenvalue weighted by Crippen LogP contribution is -2.23. The number of hydrogen-bond donors (Lipinski definition) is 2. The maximum atomic E-state index is 9.88. The zero-order valence-electron chi connectivity index (χ0n) is 16.7. The molecule has 0 aliphatic rings. The highest BCUT2D eigenvalue weighted by molar-refractivity contribution is 5.38. The number of aliphatic hydroxyl groups excluding tert-OH is 1. The zero-order chi connectivity index (χ0) is 19.0. The molecule has 0 heterocycles. The third-order valence-corrected chi connectivity index (χ3v) is 4.58. The summed E-state index contributed by atoms with van der Waals surface area (Å²) in [6.07, 6.45) is 12.4. The molecule has 0 saturated carbocycles. The Hall–Kier alpha value is -1.26. The third kappa shape index (κ3) is 11.4. The van der Waals surface area contributed by atoms with Crippen LogP contribution < -0.4 is 4.74 Å². The summed E-state index contributed by atoms with van der Waals surface area (Å²) in [6, 6.07) is 5.14. The number of phenols is 1. The minimum absolute atomic E-state index is 0.167. The van der Waals surface area contributed by atoms with Crippen LogP contribution in [0.2, 0.25) is 0 Å². The molecule has 0 spiro atoms. The van der Waals surface area contributed by atoms with Crippen molar-refractivity contribution in [3.8, 4) is 11.5 Å². The molecule has 2 N–H and O–H groups in total. The first-order valence-electron chi connectivity index (χ1n) is 10.3. The molecule has 0 amide bonds. The monoisotopic (exact) mass is 366 g/mol. The molecule has 1 unspecified atom stereocenters. The summed E-state index contributed by atoms with van der Waals surface area (Å²) in [7, 11) is 0. The van der Waals surface area contributed by atoms with E-state index < -0.39 is 6.10 Å². The van der Waals surface area contributed by atoms with Gasteiger partial charge < -0.3 is 19.7 Å². The van der Waals surface area contributed by atoms with Crippen LogP contribution in [0.15, 0.2) is 18.2 Å². The van der Waals surface area contributed by atoms with Gasteiger partial charge in [-0.25, -0.2) is 0 Å². The average molecular weight is 367 g/mol. The SMILES string of the molecule is CCCCCCCCCCCCOCC(O)COc1ccc(C)c(O)c1. The van der Waals surface area contributed by atoms with Gasteiger partial charge >= 0.3 is 0 Å². The van der Waals surface area contributed by atoms with Crippen LogP contribution >= 0.6 is 0 Å². The third-order valence-electron chi connectivity index (χ3n) is 4.58. The van der Waals surface area contributed by atoms with Gasteiger partial charge in [-0.15, -0.1) is 0 Å². The number of rotatable bonds is 16. The van der Waals surface area contributed by atoms with Crippen molar-refractivity contribution < 1.29 is 19.7 Å². The van der Waals surface area contributed by atoms with E-state index in [1.54, 1.807) is 18.2 Å². The highest BCUT2D eigenvalue weighted by Crippen LogP contribution is 2.22. The van der Waals surface area contributed by atoms with E-state index in [1.165, 1.54) is 57.8 Å². The topological polar surface area (TPSA) is 58.9 Å². The van der Waals surface area contributed by atoms with Crippen LogP contribution in [0.25, 0.3) is 0 Å². The van der Waals surface area contributed by atoms with E-state index in [4.69, 9.17) is 9.47 Å². The summed E-state index contributed by atoms with van der Waals surface area (Å²) in [5.74, 6) is 0.760. The summed E-state index contributed by atoms with van der Waals surface area (Å²) >= 11 is 0. The Morgan fingerprint density at radius 3 is 2.12 bits per heavy atom. The van der Waals surface area contributed by atoms with E-state index in [0.29, 0.717) is 12.4 Å². The number of phenolic OH excluding ortho intramolecular Hbond substituents is 1. The van der Waals surface area contributed by atoms with Gasteiger partial charge in [0.25, 0.3) is 0 Å². The van der Waals surface area contributed by atoms with Crippen molar-refractivity contribution >= 4 is 0 Å². The number of unbranched alkanes of at least 4 members (excludes halogenated alkanes) is 9. The standard InChI is InChI=1S/C22H38O4/c1-3-4-5-6-7-8-9-10-11-12-15-25-17-20(23)18-26-21-14-13-19(2)22(24)16-21/h13-14,16,20,23-24H,3-12,15,17-18H2,1-2H3. The van der Waals surface area contributed by atoms with E-state index in [-0.39, 0.29) is 19.0 Å². The average Bonchev–Trinajstić information content (AvgIpc) is 2.63. The van der Waals surface area contributed by atoms with Crippen molar-refractivity contribution in [3.05, 3.63) is 23.8 Å². The lowest BCUT2D eigenvalue weighted by molar-refractivity contribution is 0.0109. The number of hydrogen-bond acceptors (Lipinski definition) is 4. The molecule has 0 aliphatic carbocycles. The first-order chi connectivity index (χ1) is 12.6. The van der Waals surface area contributed by atoms with Crippen LogP contribution in [0.1, 0.15) is 76.7 Å². The molecular weight excluding hydrogens is 328 g/mol. The fourth-order valence-electron chi connectivity index (χ4n) is 2.83. The first-order valence-corrected chi connectivity index (χ1v) is 10.3. The Labute approximate surface area is 159 Å². The molecule has 0 aliphatic heterocycles. The van der Waals surface area contributed by atoms with Gasteiger partial charge in [-0.1, -0.05) is 70.8 Å². The number of aliphatic hydroxyl groups is 1. The predicted octanol–water partition coefficient (Wildman–Crippen LogP) is 5.38. The molecule has 0 aromatic heterocycles. The molecule has 1 aromatic rings. The van der Waals surface area contributed by atoms with Gasteiger partial charge in [0.15, 0.2) is 0 Å². The van der Waals surface area contributed by atoms with Crippen molar-refractivity contribution in [1.82, 2.24) is 0 Å². The van der Waals surface area contributed by atoms with E-state index in [9.17, 15) is 10.2 Å². The fourth-order valence-corrected chi connectivity index (χ4v) is 2.83. The molecule has 1 aromatic carbocycles. The predicted molar refractivity (Wildman–Crippen MR) is 107 cm³/mol. The van der Waals surface area contributed by atoms with Gasteiger partial charge in [-0.2, -0.15) is 0 Å². The maximum absolute atomic E-state index is 9.88. The lowest BCUT2D eigenvalue weighted by atomic mass is 10.1. The number of aryl methyl sites for hydroxylation is 1. The van der Waals surface area contributed by atoms with E-state index in [1.807, 2.05) is 6.92 Å².